The third-order valence-corrected chi connectivity index (χ3v) is 32.4. The Morgan fingerprint density at radius 1 is 0.176 bits per heavy atom. The number of hydrogen-bond donors (Lipinski definition) is 0. The Balaban J connectivity index is 0.000000113. The first-order chi connectivity index (χ1) is 65.8. The van der Waals surface area contributed by atoms with E-state index >= 15 is 0 Å². The number of rotatable bonds is 15. The van der Waals surface area contributed by atoms with Crippen molar-refractivity contribution in [2.75, 3.05) is 59.7 Å². The van der Waals surface area contributed by atoms with E-state index in [0.717, 1.165) is 0 Å². The summed E-state index contributed by atoms with van der Waals surface area (Å²) >= 11 is 9.18. The molecule has 0 amide bonds. The van der Waals surface area contributed by atoms with E-state index in [4.69, 9.17) is 0 Å². The van der Waals surface area contributed by atoms with Crippen molar-refractivity contribution in [3.63, 3.8) is 0 Å². The van der Waals surface area contributed by atoms with Crippen molar-refractivity contribution in [2.45, 2.75) is 90.0 Å². The molecule has 5 aromatic heterocycles. The van der Waals surface area contributed by atoms with E-state index in [1.54, 1.807) is 22.7 Å². The number of thiophene rings is 5. The Bertz CT molecular complexity index is 8100. The lowest BCUT2D eigenvalue weighted by atomic mass is 9.98. The molecule has 17 aromatic carbocycles. The molecule has 5 heterocycles. The van der Waals surface area contributed by atoms with Gasteiger partial charge in [-0.1, -0.05) is 193 Å². The zero-order valence-corrected chi connectivity index (χ0v) is 85.1. The van der Waals surface area contributed by atoms with Crippen molar-refractivity contribution in [2.24, 2.45) is 0 Å². The van der Waals surface area contributed by atoms with Crippen LogP contribution in [0, 0.1) is 90.0 Å². The molecule has 0 aliphatic rings. The van der Waals surface area contributed by atoms with Crippen LogP contribution in [0.4, 0.5) is 56.9 Å². The number of nitrogens with zero attached hydrogens (tertiary/aromatic N) is 5. The second-order valence-electron chi connectivity index (χ2n) is 36.3. The van der Waals surface area contributed by atoms with Crippen LogP contribution >= 0.6 is 56.7 Å². The van der Waals surface area contributed by atoms with E-state index in [-0.39, 0.29) is 0 Å². The van der Waals surface area contributed by atoms with Gasteiger partial charge in [-0.15, -0.1) is 56.7 Å². The van der Waals surface area contributed by atoms with Gasteiger partial charge in [-0.3, -0.25) is 0 Å². The van der Waals surface area contributed by atoms with Gasteiger partial charge in [-0.05, 0) is 404 Å². The highest BCUT2D eigenvalue weighted by atomic mass is 32.1. The molecule has 10 heteroatoms. The summed E-state index contributed by atoms with van der Waals surface area (Å²) in [6.45, 7) is 28.3. The summed E-state index contributed by atoms with van der Waals surface area (Å²) in [5.74, 6) is 0. The maximum absolute atomic E-state index is 2.32. The van der Waals surface area contributed by atoms with E-state index in [1.807, 2.05) is 34.0 Å². The lowest BCUT2D eigenvalue weighted by Crippen LogP contribution is -2.10. The largest absolute Gasteiger partial charge is 0.345 e. The molecule has 0 saturated heterocycles. The van der Waals surface area contributed by atoms with Gasteiger partial charge in [0, 0.05) is 151 Å². The normalized spacial score (nSPS) is 11.2. The molecule has 0 saturated carbocycles. The fraction of sp³-hybridized carbons (Fsp3) is 0.143. The van der Waals surface area contributed by atoms with Gasteiger partial charge in [0.15, 0.2) is 0 Å². The molecule has 22 aromatic rings. The van der Waals surface area contributed by atoms with Crippen molar-refractivity contribution < 1.29 is 0 Å². The molecule has 0 aliphatic carbocycles. The van der Waals surface area contributed by atoms with Crippen molar-refractivity contribution >= 4 is 184 Å². The van der Waals surface area contributed by atoms with Gasteiger partial charge in [0.1, 0.15) is 0 Å². The molecule has 0 unspecified atom stereocenters. The Morgan fingerprint density at radius 3 is 0.787 bits per heavy atom. The minimum absolute atomic E-state index is 1.19. The lowest BCUT2D eigenvalue weighted by molar-refractivity contribution is 1.19. The molecule has 22 rings (SSSR count). The molecular formula is C126H115N5S5. The molecule has 0 spiro atoms. The maximum Gasteiger partial charge on any atom is 0.0438 e. The van der Waals surface area contributed by atoms with E-state index in [2.05, 4.69) is 518 Å². The zero-order valence-electron chi connectivity index (χ0n) is 81.0. The van der Waals surface area contributed by atoms with E-state index in [0.29, 0.717) is 0 Å². The van der Waals surface area contributed by atoms with Gasteiger partial charge in [0.05, 0.1) is 0 Å². The monoisotopic (exact) mass is 1860 g/mol. The van der Waals surface area contributed by atoms with Crippen LogP contribution in [-0.2, 0) is 0 Å². The predicted octanol–water partition coefficient (Wildman–Crippen LogP) is 38.0. The van der Waals surface area contributed by atoms with Crippen LogP contribution < -0.4 is 24.5 Å². The van der Waals surface area contributed by atoms with Crippen LogP contribution in [0.2, 0.25) is 0 Å². The third kappa shape index (κ3) is 20.1. The quantitative estimate of drug-likeness (QED) is 0.101. The van der Waals surface area contributed by atoms with Crippen LogP contribution in [0.5, 0.6) is 0 Å². The van der Waals surface area contributed by atoms with Crippen LogP contribution in [0.25, 0.3) is 126 Å². The zero-order chi connectivity index (χ0) is 94.7. The lowest BCUT2D eigenvalue weighted by Gasteiger charge is -2.22. The number of aryl methyl sites for hydroxylation is 13. The van der Waals surface area contributed by atoms with Gasteiger partial charge in [0.25, 0.3) is 0 Å². The summed E-state index contributed by atoms with van der Waals surface area (Å²) in [5.41, 5.74) is 40.7. The van der Waals surface area contributed by atoms with Gasteiger partial charge in [0.2, 0.25) is 0 Å². The predicted molar refractivity (Wildman–Crippen MR) is 605 cm³/mol. The minimum atomic E-state index is 1.19. The molecule has 136 heavy (non-hydrogen) atoms. The van der Waals surface area contributed by atoms with Crippen molar-refractivity contribution in [3.05, 3.63) is 440 Å². The molecule has 0 bridgehead atoms. The van der Waals surface area contributed by atoms with E-state index in [1.165, 1.54) is 255 Å². The second-order valence-corrected chi connectivity index (χ2v) is 41.6. The Kier molecular flexibility index (Phi) is 27.4. The molecule has 0 N–H and O–H groups in total. The summed E-state index contributed by atoms with van der Waals surface area (Å²) in [4.78, 5) is 12.8. The average molecular weight is 1860 g/mol. The van der Waals surface area contributed by atoms with Gasteiger partial charge in [-0.2, -0.15) is 0 Å². The summed E-state index contributed by atoms with van der Waals surface area (Å²) in [7, 11) is 10.7. The second kappa shape index (κ2) is 40.3. The summed E-state index contributed by atoms with van der Waals surface area (Å²) < 4.78 is 9.42. The first kappa shape index (κ1) is 92.5. The molecule has 0 fully saturated rings. The smallest absolute Gasteiger partial charge is 0.0438 e. The third-order valence-electron chi connectivity index (χ3n) is 27.2. The number of anilines is 10. The van der Waals surface area contributed by atoms with Crippen molar-refractivity contribution in [3.8, 4) is 55.6 Å². The van der Waals surface area contributed by atoms with Crippen molar-refractivity contribution in [1.29, 1.82) is 0 Å². The minimum Gasteiger partial charge on any atom is -0.345 e. The van der Waals surface area contributed by atoms with Crippen LogP contribution in [0.1, 0.15) is 71.6 Å². The standard InChI is InChI=1S/C28H25NS.C26H21NS.C26H27NS.C24H23NS.C22H19NS/c1-18-9-10-21(15-19(18)2)22-11-13-26(20(3)16-22)29(4)23-12-14-28-25(17-23)24-7-5-6-8-27(24)30-28;1-18-7-9-19(10-8-18)20-11-13-21(14-12-20)27(2)22-15-16-26-24(17-22)23-5-3-4-6-25(23)28-26;1-16-7-8-21(13-17(16)2)22-9-11-25(18(3)14-22)27(6)23-10-12-26-24(15-23)19(4)20(5)28-26;1-16-5-6-19(13-17(16)2)20-7-9-23(18(3)14-20)25(4)22-8-10-24-21(15-22)11-12-26-24;1-16-3-5-17(6-4-16)18-7-9-20(10-8-18)23(2)21-11-12-22-19(15-21)13-14-24-22/h5-17H,1-4H3;3-17H,1-2H3;7-15H,1-6H3;5-15H,1-4H3;3-15H,1-2H3. The Morgan fingerprint density at radius 2 is 0.441 bits per heavy atom. The van der Waals surface area contributed by atoms with Gasteiger partial charge < -0.3 is 24.5 Å². The maximum atomic E-state index is 2.32. The average Bonchev–Trinajstić information content (AvgIpc) is 1.77. The highest BCUT2D eigenvalue weighted by Gasteiger charge is 2.19. The van der Waals surface area contributed by atoms with Crippen LogP contribution in [0.3, 0.4) is 0 Å². The fourth-order valence-electron chi connectivity index (χ4n) is 18.1. The van der Waals surface area contributed by atoms with Crippen molar-refractivity contribution in [1.82, 2.24) is 0 Å². The number of benzene rings is 17. The summed E-state index contributed by atoms with van der Waals surface area (Å²) in [6.07, 6.45) is 0. The van der Waals surface area contributed by atoms with E-state index in [9.17, 15) is 0 Å². The summed E-state index contributed by atoms with van der Waals surface area (Å²) in [6, 6.07) is 131. The first-order valence-corrected chi connectivity index (χ1v) is 50.8. The SMILES string of the molecule is Cc1ccc(-c2ccc(N(C)c3ccc4sc(C)c(C)c4c3)c(C)c2)cc1C.Cc1ccc(-c2ccc(N(C)c3ccc4sc5ccccc5c4c3)c(C)c2)cc1C.Cc1ccc(-c2ccc(N(C)c3ccc4sc5ccccc5c4c3)cc2)cc1.Cc1ccc(-c2ccc(N(C)c3ccc4sccc4c3)c(C)c2)cc1C.Cc1ccc(-c2ccc(N(C)c3ccc4sccc4c3)cc2)cc1. The number of hydrogen-bond acceptors (Lipinski definition) is 10. The van der Waals surface area contributed by atoms with Gasteiger partial charge in [-0.25, -0.2) is 0 Å². The first-order valence-electron chi connectivity index (χ1n) is 46.6. The molecular weight excluding hydrogens is 1740 g/mol. The van der Waals surface area contributed by atoms with Gasteiger partial charge >= 0.3 is 0 Å². The van der Waals surface area contributed by atoms with Crippen LogP contribution in [-0.4, -0.2) is 35.2 Å². The Labute approximate surface area is 823 Å². The molecule has 0 radical (unpaired) electrons. The molecule has 5 nitrogen and oxygen atoms in total. The highest BCUT2D eigenvalue weighted by Crippen LogP contribution is 2.44. The van der Waals surface area contributed by atoms with E-state index < -0.39 is 0 Å². The fourth-order valence-corrected chi connectivity index (χ4v) is 22.8. The molecule has 674 valence electrons. The molecule has 0 aliphatic heterocycles. The molecule has 0 atom stereocenters. The highest BCUT2D eigenvalue weighted by molar-refractivity contribution is 7.26. The summed E-state index contributed by atoms with van der Waals surface area (Å²) in [5, 5.41) is 13.6. The number of fused-ring (bicyclic) bond motifs is 9. The topological polar surface area (TPSA) is 16.2 Å². The Hall–Kier alpha value is -13.9. The van der Waals surface area contributed by atoms with Crippen LogP contribution in [0.15, 0.2) is 369 Å².